The molecule has 0 aliphatic carbocycles. The number of rotatable bonds is 7. The van der Waals surface area contributed by atoms with Crippen LogP contribution in [0.1, 0.15) is 24.0 Å². The highest BCUT2D eigenvalue weighted by Gasteiger charge is 2.26. The molecule has 0 atom stereocenters. The lowest BCUT2D eigenvalue weighted by Crippen LogP contribution is -2.46. The number of nitrogens with one attached hydrogen (secondary N) is 1. The number of hydrogen-bond acceptors (Lipinski definition) is 5. The fourth-order valence-electron chi connectivity index (χ4n) is 3.68. The van der Waals surface area contributed by atoms with Crippen molar-refractivity contribution < 1.29 is 19.0 Å². The second kappa shape index (κ2) is 13.1. The summed E-state index contributed by atoms with van der Waals surface area (Å²) in [6.07, 6.45) is 1.54. The van der Waals surface area contributed by atoms with Crippen molar-refractivity contribution in [1.29, 1.82) is 0 Å². The molecule has 1 aliphatic heterocycles. The van der Waals surface area contributed by atoms with E-state index in [0.29, 0.717) is 24.7 Å². The van der Waals surface area contributed by atoms with E-state index in [4.69, 9.17) is 14.2 Å². The van der Waals surface area contributed by atoms with Gasteiger partial charge < -0.3 is 24.4 Å². The molecular formula is C24H32IN3O4. The van der Waals surface area contributed by atoms with E-state index in [-0.39, 0.29) is 35.9 Å². The van der Waals surface area contributed by atoms with Crippen molar-refractivity contribution >= 4 is 35.9 Å². The third kappa shape index (κ3) is 7.01. The topological polar surface area (TPSA) is 72.4 Å². The van der Waals surface area contributed by atoms with Crippen molar-refractivity contribution in [3.05, 3.63) is 59.7 Å². The molecule has 0 unspecified atom stereocenters. The minimum atomic E-state index is -0.121. The van der Waals surface area contributed by atoms with E-state index in [9.17, 15) is 4.79 Å². The molecule has 1 fully saturated rings. The zero-order valence-corrected chi connectivity index (χ0v) is 21.2. The van der Waals surface area contributed by atoms with Crippen LogP contribution < -0.4 is 14.8 Å². The number of hydrogen-bond donors (Lipinski definition) is 1. The summed E-state index contributed by atoms with van der Waals surface area (Å²) in [7, 11) is 4.86. The minimum absolute atomic E-state index is 0. The first-order valence-electron chi connectivity index (χ1n) is 10.5. The van der Waals surface area contributed by atoms with Gasteiger partial charge in [-0.2, -0.15) is 0 Å². The van der Waals surface area contributed by atoms with Gasteiger partial charge in [0.15, 0.2) is 17.5 Å². The Labute approximate surface area is 207 Å². The summed E-state index contributed by atoms with van der Waals surface area (Å²) in [5.41, 5.74) is 2.17. The lowest BCUT2D eigenvalue weighted by atomic mass is 9.97. The molecular weight excluding hydrogens is 521 g/mol. The van der Waals surface area contributed by atoms with Crippen molar-refractivity contribution in [3.63, 3.8) is 0 Å². The van der Waals surface area contributed by atoms with Crippen molar-refractivity contribution in [2.24, 2.45) is 10.9 Å². The molecule has 32 heavy (non-hydrogen) atoms. The second-order valence-corrected chi connectivity index (χ2v) is 7.44. The summed E-state index contributed by atoms with van der Waals surface area (Å²) >= 11 is 0. The van der Waals surface area contributed by atoms with Crippen LogP contribution in [0.4, 0.5) is 0 Å². The SMILES string of the molecule is CN=C(NCc1ccc(OCc2ccccc2)c(OC)c1)N1CCC(C(=O)OC)CC1.I. The summed E-state index contributed by atoms with van der Waals surface area (Å²) in [6.45, 7) is 2.64. The fourth-order valence-corrected chi connectivity index (χ4v) is 3.68. The van der Waals surface area contributed by atoms with Crippen molar-refractivity contribution in [1.82, 2.24) is 10.2 Å². The van der Waals surface area contributed by atoms with E-state index < -0.39 is 0 Å². The number of carbonyl (C=O) groups excluding carboxylic acids is 1. The molecule has 1 heterocycles. The number of halogens is 1. The Hall–Kier alpha value is -2.49. The Kier molecular flexibility index (Phi) is 10.6. The summed E-state index contributed by atoms with van der Waals surface area (Å²) in [6, 6.07) is 16.0. The van der Waals surface area contributed by atoms with Gasteiger partial charge in [-0.15, -0.1) is 24.0 Å². The number of likely N-dealkylation sites (tertiary alicyclic amines) is 1. The van der Waals surface area contributed by atoms with Gasteiger partial charge in [0, 0.05) is 26.7 Å². The normalized spacial score (nSPS) is 14.3. The molecule has 0 aromatic heterocycles. The predicted octanol–water partition coefficient (Wildman–Crippen LogP) is 3.85. The van der Waals surface area contributed by atoms with Crippen LogP contribution in [-0.2, 0) is 22.7 Å². The van der Waals surface area contributed by atoms with Crippen LogP contribution in [0.15, 0.2) is 53.5 Å². The lowest BCUT2D eigenvalue weighted by molar-refractivity contribution is -0.146. The fraction of sp³-hybridized carbons (Fsp3) is 0.417. The molecule has 1 saturated heterocycles. The monoisotopic (exact) mass is 553 g/mol. The van der Waals surface area contributed by atoms with Crippen molar-refractivity contribution in [2.45, 2.75) is 26.0 Å². The number of guanidine groups is 1. The predicted molar refractivity (Wildman–Crippen MR) is 136 cm³/mol. The number of aliphatic imine (C=N–C) groups is 1. The molecule has 0 amide bonds. The van der Waals surface area contributed by atoms with E-state index in [1.54, 1.807) is 14.2 Å². The Morgan fingerprint density at radius 2 is 1.78 bits per heavy atom. The number of ether oxygens (including phenoxy) is 3. The number of methoxy groups -OCH3 is 2. The maximum Gasteiger partial charge on any atom is 0.308 e. The van der Waals surface area contributed by atoms with E-state index >= 15 is 0 Å². The molecule has 8 heteroatoms. The van der Waals surface area contributed by atoms with Crippen LogP contribution in [0.5, 0.6) is 11.5 Å². The number of nitrogens with zero attached hydrogens (tertiary/aromatic N) is 2. The molecule has 2 aromatic carbocycles. The van der Waals surface area contributed by atoms with Gasteiger partial charge in [0.05, 0.1) is 20.1 Å². The molecule has 1 N–H and O–H groups in total. The summed E-state index contributed by atoms with van der Waals surface area (Å²) in [5.74, 6) is 2.09. The smallest absolute Gasteiger partial charge is 0.308 e. The molecule has 174 valence electrons. The highest BCUT2D eigenvalue weighted by atomic mass is 127. The summed E-state index contributed by atoms with van der Waals surface area (Å²) < 4.78 is 16.3. The molecule has 0 bridgehead atoms. The van der Waals surface area contributed by atoms with Gasteiger partial charge in [0.1, 0.15) is 6.61 Å². The van der Waals surface area contributed by atoms with Gasteiger partial charge in [-0.05, 0) is 36.1 Å². The van der Waals surface area contributed by atoms with Gasteiger partial charge in [0.2, 0.25) is 0 Å². The maximum absolute atomic E-state index is 11.7. The average Bonchev–Trinajstić information content (AvgIpc) is 2.84. The van der Waals surface area contributed by atoms with Crippen LogP contribution in [0.25, 0.3) is 0 Å². The quantitative estimate of drug-likeness (QED) is 0.243. The van der Waals surface area contributed by atoms with Crippen LogP contribution >= 0.6 is 24.0 Å². The van der Waals surface area contributed by atoms with Gasteiger partial charge in [-0.25, -0.2) is 0 Å². The van der Waals surface area contributed by atoms with Crippen LogP contribution in [0.3, 0.4) is 0 Å². The third-order valence-corrected chi connectivity index (χ3v) is 5.46. The highest BCUT2D eigenvalue weighted by molar-refractivity contribution is 14.0. The first-order valence-corrected chi connectivity index (χ1v) is 10.5. The number of piperidine rings is 1. The minimum Gasteiger partial charge on any atom is -0.493 e. The average molecular weight is 553 g/mol. The standard InChI is InChI=1S/C24H31N3O4.HI/c1-25-24(27-13-11-20(12-14-27)23(28)30-3)26-16-19-9-10-21(22(15-19)29-2)31-17-18-7-5-4-6-8-18;/h4-10,15,20H,11-14,16-17H2,1-3H3,(H,25,26);1H. The Bertz CT molecular complexity index is 884. The van der Waals surface area contributed by atoms with Gasteiger partial charge in [0.25, 0.3) is 0 Å². The molecule has 1 aliphatic rings. The first-order chi connectivity index (χ1) is 15.1. The van der Waals surface area contributed by atoms with E-state index in [2.05, 4.69) is 15.2 Å². The molecule has 0 saturated carbocycles. The lowest BCUT2D eigenvalue weighted by Gasteiger charge is -2.33. The first kappa shape index (κ1) is 25.8. The Morgan fingerprint density at radius 1 is 1.06 bits per heavy atom. The van der Waals surface area contributed by atoms with Gasteiger partial charge >= 0.3 is 5.97 Å². The maximum atomic E-state index is 11.7. The Morgan fingerprint density at radius 3 is 2.41 bits per heavy atom. The largest absolute Gasteiger partial charge is 0.493 e. The van der Waals surface area contributed by atoms with Gasteiger partial charge in [-0.1, -0.05) is 36.4 Å². The van der Waals surface area contributed by atoms with E-state index in [0.717, 1.165) is 43.0 Å². The molecule has 2 aromatic rings. The van der Waals surface area contributed by atoms with Crippen LogP contribution in [0, 0.1) is 5.92 Å². The van der Waals surface area contributed by atoms with Crippen LogP contribution in [0.2, 0.25) is 0 Å². The van der Waals surface area contributed by atoms with Crippen molar-refractivity contribution in [2.75, 3.05) is 34.4 Å². The number of esters is 1. The zero-order chi connectivity index (χ0) is 22.1. The molecule has 3 rings (SSSR count). The van der Waals surface area contributed by atoms with E-state index in [1.807, 2.05) is 48.5 Å². The molecule has 0 spiro atoms. The Balaban J connectivity index is 0.00000363. The second-order valence-electron chi connectivity index (χ2n) is 7.44. The molecule has 0 radical (unpaired) electrons. The zero-order valence-electron chi connectivity index (χ0n) is 18.9. The van der Waals surface area contributed by atoms with Gasteiger partial charge in [-0.3, -0.25) is 9.79 Å². The molecule has 7 nitrogen and oxygen atoms in total. The highest BCUT2D eigenvalue weighted by Crippen LogP contribution is 2.29. The number of carbonyl (C=O) groups is 1. The summed E-state index contributed by atoms with van der Waals surface area (Å²) in [4.78, 5) is 18.3. The number of benzene rings is 2. The third-order valence-electron chi connectivity index (χ3n) is 5.46. The van der Waals surface area contributed by atoms with E-state index in [1.165, 1.54) is 7.11 Å². The van der Waals surface area contributed by atoms with Crippen LogP contribution in [-0.4, -0.2) is 51.2 Å². The van der Waals surface area contributed by atoms with Crippen molar-refractivity contribution in [3.8, 4) is 11.5 Å². The summed E-state index contributed by atoms with van der Waals surface area (Å²) in [5, 5.41) is 3.41.